The van der Waals surface area contributed by atoms with E-state index in [0.29, 0.717) is 25.0 Å². The molecule has 8 heteroatoms. The van der Waals surface area contributed by atoms with Gasteiger partial charge in [0.2, 0.25) is 5.91 Å². The molecule has 0 aliphatic heterocycles. The van der Waals surface area contributed by atoms with Crippen LogP contribution < -0.4 is 16.0 Å². The first-order chi connectivity index (χ1) is 16.3. The van der Waals surface area contributed by atoms with Crippen molar-refractivity contribution >= 4 is 41.0 Å². The molecule has 1 aromatic rings. The number of nitrogens with two attached hydrogens (primary N) is 1. The van der Waals surface area contributed by atoms with Gasteiger partial charge in [0.1, 0.15) is 6.61 Å². The number of hydrogen-bond donors (Lipinski definition) is 2. The third-order valence-electron chi connectivity index (χ3n) is 5.80. The largest absolute Gasteiger partial charge is 0.466 e. The second kappa shape index (κ2) is 16.4. The van der Waals surface area contributed by atoms with Crippen LogP contribution >= 0.6 is 12.2 Å². The van der Waals surface area contributed by atoms with Gasteiger partial charge in [0.05, 0.1) is 29.9 Å². The zero-order valence-corrected chi connectivity index (χ0v) is 22.3. The van der Waals surface area contributed by atoms with Gasteiger partial charge in [-0.3, -0.25) is 9.59 Å². The Labute approximate surface area is 210 Å². The highest BCUT2D eigenvalue weighted by molar-refractivity contribution is 7.78. The van der Waals surface area contributed by atoms with Crippen LogP contribution in [0.5, 0.6) is 0 Å². The van der Waals surface area contributed by atoms with E-state index in [2.05, 4.69) is 54.1 Å². The van der Waals surface area contributed by atoms with Gasteiger partial charge in [0, 0.05) is 19.7 Å². The normalized spacial score (nSPS) is 14.5. The van der Waals surface area contributed by atoms with Gasteiger partial charge in [-0.1, -0.05) is 58.3 Å². The molecule has 0 heterocycles. The first-order valence-corrected chi connectivity index (χ1v) is 12.7. The predicted molar refractivity (Wildman–Crippen MR) is 144 cm³/mol. The standard InChI is InChI=1S/C25H40N2O4.CH3NS/c1-6-31-25(29)14-19(4)20-12-13-23(22(15-20)26-24(28)17-30-5)27(16-18(2)3)21-10-8-7-9-11-21;2-1-3/h12-13,15,18-19,21H,6-11,14,16-17H2,1-5H3,(H,26,28);1H,(H2,2,3). The van der Waals surface area contributed by atoms with Gasteiger partial charge in [-0.15, -0.1) is 0 Å². The van der Waals surface area contributed by atoms with E-state index < -0.39 is 0 Å². The molecule has 1 unspecified atom stereocenters. The Bertz CT molecular complexity index is 766. The van der Waals surface area contributed by atoms with Crippen molar-refractivity contribution in [3.8, 4) is 0 Å². The summed E-state index contributed by atoms with van der Waals surface area (Å²) in [7, 11) is 1.52. The van der Waals surface area contributed by atoms with Gasteiger partial charge in [-0.05, 0) is 49.3 Å². The third kappa shape index (κ3) is 10.4. The van der Waals surface area contributed by atoms with E-state index in [0.717, 1.165) is 29.0 Å². The highest BCUT2D eigenvalue weighted by Gasteiger charge is 2.25. The number of rotatable bonds is 11. The maximum absolute atomic E-state index is 12.4. The van der Waals surface area contributed by atoms with Crippen LogP contribution in [0.4, 0.5) is 11.4 Å². The van der Waals surface area contributed by atoms with E-state index in [1.165, 1.54) is 39.2 Å². The molecule has 1 aliphatic carbocycles. The van der Waals surface area contributed by atoms with E-state index in [9.17, 15) is 9.59 Å². The quantitative estimate of drug-likeness (QED) is 0.330. The van der Waals surface area contributed by atoms with Crippen LogP contribution in [0.2, 0.25) is 0 Å². The molecule has 0 bridgehead atoms. The summed E-state index contributed by atoms with van der Waals surface area (Å²) in [6.07, 6.45) is 6.47. The maximum atomic E-state index is 12.4. The first kappa shape index (κ1) is 29.8. The Hall–Kier alpha value is -2.19. The molecule has 1 atom stereocenters. The van der Waals surface area contributed by atoms with Gasteiger partial charge in [0.15, 0.2) is 0 Å². The second-order valence-corrected chi connectivity index (χ2v) is 9.41. The van der Waals surface area contributed by atoms with E-state index in [-0.39, 0.29) is 24.4 Å². The van der Waals surface area contributed by atoms with Gasteiger partial charge < -0.3 is 25.4 Å². The van der Waals surface area contributed by atoms with E-state index in [4.69, 9.17) is 9.47 Å². The number of carbonyl (C=O) groups excluding carboxylic acids is 2. The van der Waals surface area contributed by atoms with Gasteiger partial charge in [-0.25, -0.2) is 0 Å². The molecular weight excluding hydrogens is 450 g/mol. The summed E-state index contributed by atoms with van der Waals surface area (Å²) >= 11 is 4.05. The lowest BCUT2D eigenvalue weighted by Gasteiger charge is -2.38. The van der Waals surface area contributed by atoms with Crippen LogP contribution in [0, 0.1) is 5.92 Å². The molecule has 1 aliphatic rings. The summed E-state index contributed by atoms with van der Waals surface area (Å²) in [5, 5.41) is 3.06. The van der Waals surface area contributed by atoms with Crippen LogP contribution in [-0.4, -0.2) is 50.3 Å². The van der Waals surface area contributed by atoms with Crippen LogP contribution in [-0.2, 0) is 19.1 Å². The van der Waals surface area contributed by atoms with Crippen LogP contribution in [0.3, 0.4) is 0 Å². The summed E-state index contributed by atoms with van der Waals surface area (Å²) in [5.41, 5.74) is 8.48. The number of hydrogen-bond acceptors (Lipinski definition) is 6. The van der Waals surface area contributed by atoms with Crippen LogP contribution in [0.15, 0.2) is 18.2 Å². The number of benzene rings is 1. The Balaban J connectivity index is 0.00000182. The maximum Gasteiger partial charge on any atom is 0.306 e. The van der Waals surface area contributed by atoms with Crippen molar-refractivity contribution in [2.24, 2.45) is 11.7 Å². The molecule has 0 saturated heterocycles. The average Bonchev–Trinajstić information content (AvgIpc) is 2.79. The summed E-state index contributed by atoms with van der Waals surface area (Å²) in [4.78, 5) is 26.8. The highest BCUT2D eigenvalue weighted by atomic mass is 32.1. The molecule has 0 radical (unpaired) electrons. The van der Waals surface area contributed by atoms with Crippen molar-refractivity contribution in [1.29, 1.82) is 0 Å². The predicted octanol–water partition coefficient (Wildman–Crippen LogP) is 5.03. The number of ether oxygens (including phenoxy) is 2. The number of thiocarbonyl (C=S) groups is 1. The Morgan fingerprint density at radius 3 is 2.44 bits per heavy atom. The Kier molecular flexibility index (Phi) is 14.4. The van der Waals surface area contributed by atoms with Crippen LogP contribution in [0.25, 0.3) is 0 Å². The molecule has 192 valence electrons. The minimum absolute atomic E-state index is 0.000550. The number of anilines is 2. The molecule has 1 aromatic carbocycles. The summed E-state index contributed by atoms with van der Waals surface area (Å²) < 4.78 is 10.1. The monoisotopic (exact) mass is 493 g/mol. The molecular formula is C26H43N3O4S. The Morgan fingerprint density at radius 2 is 1.88 bits per heavy atom. The number of methoxy groups -OCH3 is 1. The Morgan fingerprint density at radius 1 is 1.24 bits per heavy atom. The molecule has 7 nitrogen and oxygen atoms in total. The van der Waals surface area contributed by atoms with Gasteiger partial charge in [0.25, 0.3) is 0 Å². The number of amides is 1. The van der Waals surface area contributed by atoms with Crippen molar-refractivity contribution in [2.75, 3.05) is 37.1 Å². The van der Waals surface area contributed by atoms with E-state index in [1.807, 2.05) is 19.9 Å². The molecule has 0 aromatic heterocycles. The molecule has 0 spiro atoms. The molecule has 3 N–H and O–H groups in total. The van der Waals surface area contributed by atoms with E-state index in [1.54, 1.807) is 0 Å². The van der Waals surface area contributed by atoms with Crippen molar-refractivity contribution in [1.82, 2.24) is 0 Å². The summed E-state index contributed by atoms with van der Waals surface area (Å²) in [6, 6.07) is 6.69. The highest BCUT2D eigenvalue weighted by Crippen LogP contribution is 2.36. The van der Waals surface area contributed by atoms with Crippen molar-refractivity contribution in [2.45, 2.75) is 78.2 Å². The fourth-order valence-corrected chi connectivity index (χ4v) is 4.35. The first-order valence-electron chi connectivity index (χ1n) is 12.3. The van der Waals surface area contributed by atoms with Gasteiger partial charge >= 0.3 is 5.97 Å². The fourth-order valence-electron chi connectivity index (χ4n) is 4.35. The van der Waals surface area contributed by atoms with Crippen molar-refractivity contribution in [3.05, 3.63) is 23.8 Å². The lowest BCUT2D eigenvalue weighted by molar-refractivity contribution is -0.143. The molecule has 1 amide bonds. The number of nitrogens with one attached hydrogen (secondary N) is 1. The average molecular weight is 494 g/mol. The van der Waals surface area contributed by atoms with E-state index >= 15 is 0 Å². The van der Waals surface area contributed by atoms with Gasteiger partial charge in [-0.2, -0.15) is 0 Å². The zero-order chi connectivity index (χ0) is 25.5. The zero-order valence-electron chi connectivity index (χ0n) is 21.5. The third-order valence-corrected chi connectivity index (χ3v) is 5.80. The number of carbonyl (C=O) groups is 2. The lowest BCUT2D eigenvalue weighted by Crippen LogP contribution is -2.40. The molecule has 34 heavy (non-hydrogen) atoms. The minimum Gasteiger partial charge on any atom is -0.466 e. The number of esters is 1. The lowest BCUT2D eigenvalue weighted by atomic mass is 9.92. The topological polar surface area (TPSA) is 93.9 Å². The summed E-state index contributed by atoms with van der Waals surface area (Å²) in [6.45, 7) is 9.62. The van der Waals surface area contributed by atoms with Crippen LogP contribution in [0.1, 0.15) is 77.7 Å². The minimum atomic E-state index is -0.201. The fraction of sp³-hybridized carbons (Fsp3) is 0.654. The molecule has 1 fully saturated rings. The smallest absolute Gasteiger partial charge is 0.306 e. The second-order valence-electron chi connectivity index (χ2n) is 9.14. The van der Waals surface area contributed by atoms with Crippen molar-refractivity contribution in [3.63, 3.8) is 0 Å². The molecule has 2 rings (SSSR count). The van der Waals surface area contributed by atoms with Crippen molar-refractivity contribution < 1.29 is 19.1 Å². The SMILES string of the molecule is CCOC(=O)CC(C)c1ccc(N(CC(C)C)C2CCCCC2)c(NC(=O)COC)c1.NC=S. The summed E-state index contributed by atoms with van der Waals surface area (Å²) in [5.74, 6) is 0.131. The molecule has 1 saturated carbocycles. The number of nitrogens with zero attached hydrogens (tertiary/aromatic N) is 1.